The number of rotatable bonds is 5. The van der Waals surface area contributed by atoms with E-state index in [1.807, 2.05) is 7.05 Å². The summed E-state index contributed by atoms with van der Waals surface area (Å²) in [4.78, 5) is 27.6. The van der Waals surface area contributed by atoms with Gasteiger partial charge < -0.3 is 9.47 Å². The van der Waals surface area contributed by atoms with E-state index >= 15 is 0 Å². The standard InChI is InChI=1S/C22H28ClN5O3S2/c1-15-19(32-22(24-2)26(15)3)14-27-7-9-28(10-8-27)21(29)6-11-33(30,31)20-13-16-12-17(23)4-5-18(16)25-20/h4-5,12H,6-11,13-14H2,1-3H3. The first-order valence-electron chi connectivity index (χ1n) is 10.8. The van der Waals surface area contributed by atoms with Gasteiger partial charge in [-0.25, -0.2) is 13.4 Å². The average molecular weight is 510 g/mol. The van der Waals surface area contributed by atoms with E-state index in [1.54, 1.807) is 41.5 Å². The van der Waals surface area contributed by atoms with Crippen molar-refractivity contribution in [3.63, 3.8) is 0 Å². The van der Waals surface area contributed by atoms with Gasteiger partial charge in [-0.1, -0.05) is 11.6 Å². The maximum absolute atomic E-state index is 12.8. The minimum atomic E-state index is -3.60. The number of piperazine rings is 1. The molecule has 4 rings (SSSR count). The Morgan fingerprint density at radius 2 is 1.97 bits per heavy atom. The maximum Gasteiger partial charge on any atom is 0.223 e. The van der Waals surface area contributed by atoms with Crippen LogP contribution in [0.3, 0.4) is 0 Å². The van der Waals surface area contributed by atoms with Gasteiger partial charge in [0.25, 0.3) is 0 Å². The molecule has 0 atom stereocenters. The molecule has 33 heavy (non-hydrogen) atoms. The Balaban J connectivity index is 1.28. The lowest BCUT2D eigenvalue weighted by molar-refractivity contribution is -0.132. The van der Waals surface area contributed by atoms with Crippen LogP contribution in [0.1, 0.15) is 22.6 Å². The molecule has 11 heteroatoms. The van der Waals surface area contributed by atoms with Crippen LogP contribution in [0.4, 0.5) is 5.69 Å². The highest BCUT2D eigenvalue weighted by Gasteiger charge is 2.29. The molecule has 0 unspecified atom stereocenters. The van der Waals surface area contributed by atoms with E-state index in [1.165, 1.54) is 10.6 Å². The average Bonchev–Trinajstić information content (AvgIpc) is 3.34. The fraction of sp³-hybridized carbons (Fsp3) is 0.500. The van der Waals surface area contributed by atoms with Gasteiger partial charge in [0, 0.05) is 75.3 Å². The maximum atomic E-state index is 12.8. The van der Waals surface area contributed by atoms with Gasteiger partial charge in [-0.05, 0) is 30.7 Å². The summed E-state index contributed by atoms with van der Waals surface area (Å²) in [6.07, 6.45) is 0.206. The predicted molar refractivity (Wildman–Crippen MR) is 132 cm³/mol. The molecular formula is C22H28ClN5O3S2. The Labute approximate surface area is 203 Å². The van der Waals surface area contributed by atoms with Crippen molar-refractivity contribution in [2.45, 2.75) is 26.3 Å². The molecule has 0 saturated carbocycles. The third-order valence-electron chi connectivity index (χ3n) is 6.26. The third-order valence-corrected chi connectivity index (χ3v) is 9.50. The van der Waals surface area contributed by atoms with Gasteiger partial charge >= 0.3 is 0 Å². The monoisotopic (exact) mass is 509 g/mol. The molecule has 2 aromatic rings. The summed E-state index contributed by atoms with van der Waals surface area (Å²) in [7, 11) is 0.224. The number of carbonyl (C=O) groups excluding carboxylic acids is 1. The minimum Gasteiger partial charge on any atom is -0.340 e. The third kappa shape index (κ3) is 5.24. The number of sulfone groups is 1. The molecule has 1 aromatic heterocycles. The van der Waals surface area contributed by atoms with Crippen LogP contribution < -0.4 is 4.80 Å². The number of nitrogens with zero attached hydrogens (tertiary/aromatic N) is 5. The second kappa shape index (κ2) is 9.69. The number of aliphatic imine (C=N–C) groups is 1. The summed E-state index contributed by atoms with van der Waals surface area (Å²) >= 11 is 7.69. The summed E-state index contributed by atoms with van der Waals surface area (Å²) in [6.45, 7) is 5.67. The number of hydrogen-bond acceptors (Lipinski definition) is 7. The van der Waals surface area contributed by atoms with Crippen molar-refractivity contribution in [1.29, 1.82) is 0 Å². The topological polar surface area (TPSA) is 87.3 Å². The highest BCUT2D eigenvalue weighted by atomic mass is 35.5. The largest absolute Gasteiger partial charge is 0.340 e. The van der Waals surface area contributed by atoms with E-state index in [4.69, 9.17) is 11.6 Å². The van der Waals surface area contributed by atoms with Crippen molar-refractivity contribution in [3.8, 4) is 0 Å². The van der Waals surface area contributed by atoms with Crippen LogP contribution in [0.25, 0.3) is 0 Å². The van der Waals surface area contributed by atoms with Gasteiger partial charge in [-0.3, -0.25) is 14.7 Å². The van der Waals surface area contributed by atoms with Gasteiger partial charge in [-0.15, -0.1) is 11.3 Å². The number of amides is 1. The lowest BCUT2D eigenvalue weighted by atomic mass is 10.2. The Kier molecular flexibility index (Phi) is 7.09. The number of aromatic nitrogens is 1. The van der Waals surface area contributed by atoms with Gasteiger partial charge in [-0.2, -0.15) is 0 Å². The van der Waals surface area contributed by atoms with Crippen LogP contribution in [-0.2, 0) is 34.6 Å². The first kappa shape index (κ1) is 24.1. The predicted octanol–water partition coefficient (Wildman–Crippen LogP) is 2.31. The quantitative estimate of drug-likeness (QED) is 0.619. The van der Waals surface area contributed by atoms with Gasteiger partial charge in [0.15, 0.2) is 14.6 Å². The zero-order valence-electron chi connectivity index (χ0n) is 19.0. The van der Waals surface area contributed by atoms with Crippen molar-refractivity contribution in [2.75, 3.05) is 39.0 Å². The lowest BCUT2D eigenvalue weighted by Crippen LogP contribution is -2.48. The second-order valence-corrected chi connectivity index (χ2v) is 12.0. The van der Waals surface area contributed by atoms with E-state index in [0.29, 0.717) is 23.8 Å². The zero-order valence-corrected chi connectivity index (χ0v) is 21.4. The summed E-state index contributed by atoms with van der Waals surface area (Å²) in [5, 5.41) is 0.677. The number of benzene rings is 1. The van der Waals surface area contributed by atoms with Crippen molar-refractivity contribution in [1.82, 2.24) is 14.4 Å². The molecule has 1 saturated heterocycles. The first-order chi connectivity index (χ1) is 15.7. The molecule has 1 aromatic carbocycles. The molecule has 2 aliphatic rings. The fourth-order valence-electron chi connectivity index (χ4n) is 4.10. The van der Waals surface area contributed by atoms with Gasteiger partial charge in [0.1, 0.15) is 5.04 Å². The molecule has 1 amide bonds. The number of halogens is 1. The zero-order chi connectivity index (χ0) is 23.8. The number of thiazole rings is 1. The molecule has 3 heterocycles. The molecule has 2 aliphatic heterocycles. The van der Waals surface area contributed by atoms with E-state index < -0.39 is 9.84 Å². The molecule has 0 spiro atoms. The van der Waals surface area contributed by atoms with Crippen LogP contribution in [-0.4, -0.2) is 72.7 Å². The number of hydrogen-bond donors (Lipinski definition) is 0. The van der Waals surface area contributed by atoms with E-state index in [2.05, 4.69) is 26.4 Å². The molecule has 0 aliphatic carbocycles. The molecule has 1 fully saturated rings. The smallest absolute Gasteiger partial charge is 0.223 e. The Morgan fingerprint density at radius 3 is 2.64 bits per heavy atom. The summed E-state index contributed by atoms with van der Waals surface area (Å²) < 4.78 is 27.6. The summed E-state index contributed by atoms with van der Waals surface area (Å²) in [5.41, 5.74) is 2.65. The molecular weight excluding hydrogens is 482 g/mol. The molecule has 0 bridgehead atoms. The molecule has 8 nitrogen and oxygen atoms in total. The highest BCUT2D eigenvalue weighted by Crippen LogP contribution is 2.30. The van der Waals surface area contributed by atoms with Crippen LogP contribution >= 0.6 is 22.9 Å². The van der Waals surface area contributed by atoms with E-state index in [9.17, 15) is 13.2 Å². The molecule has 178 valence electrons. The minimum absolute atomic E-state index is 0.0281. The van der Waals surface area contributed by atoms with E-state index in [-0.39, 0.29) is 29.5 Å². The number of carbonyl (C=O) groups is 1. The van der Waals surface area contributed by atoms with E-state index in [0.717, 1.165) is 30.0 Å². The fourth-order valence-corrected chi connectivity index (χ4v) is 6.71. The van der Waals surface area contributed by atoms with Crippen LogP contribution in [0, 0.1) is 6.92 Å². The number of fused-ring (bicyclic) bond motifs is 1. The van der Waals surface area contributed by atoms with Crippen molar-refractivity contribution < 1.29 is 13.2 Å². The van der Waals surface area contributed by atoms with Gasteiger partial charge in [0.05, 0.1) is 11.4 Å². The van der Waals surface area contributed by atoms with Crippen molar-refractivity contribution in [3.05, 3.63) is 44.2 Å². The van der Waals surface area contributed by atoms with Crippen LogP contribution in [0.15, 0.2) is 28.2 Å². The Bertz CT molecular complexity index is 1270. The van der Waals surface area contributed by atoms with Crippen molar-refractivity contribution in [2.24, 2.45) is 17.0 Å². The Hall–Kier alpha value is -2.01. The van der Waals surface area contributed by atoms with Crippen LogP contribution in [0.5, 0.6) is 0 Å². The second-order valence-electron chi connectivity index (χ2n) is 8.36. The normalized spacial score (nSPS) is 17.4. The van der Waals surface area contributed by atoms with Gasteiger partial charge in [0.2, 0.25) is 5.91 Å². The molecule has 0 N–H and O–H groups in total. The summed E-state index contributed by atoms with van der Waals surface area (Å²) in [5.74, 6) is -0.344. The molecule has 0 radical (unpaired) electrons. The highest BCUT2D eigenvalue weighted by molar-refractivity contribution is 8.06. The van der Waals surface area contributed by atoms with Crippen LogP contribution in [0.2, 0.25) is 5.02 Å². The Morgan fingerprint density at radius 1 is 1.24 bits per heavy atom. The van der Waals surface area contributed by atoms with Crippen molar-refractivity contribution >= 4 is 49.4 Å². The lowest BCUT2D eigenvalue weighted by Gasteiger charge is -2.34. The SMILES string of the molecule is CN=c1sc(CN2CCN(C(=O)CCS(=O)(=O)C3=Nc4ccc(Cl)cc4C3)CC2)c(C)n1C. The first-order valence-corrected chi connectivity index (χ1v) is 13.7. The summed E-state index contributed by atoms with van der Waals surface area (Å²) in [6, 6.07) is 5.16.